The largest absolute Gasteiger partial charge is 0.494 e. The summed E-state index contributed by atoms with van der Waals surface area (Å²) < 4.78 is 60.4. The van der Waals surface area contributed by atoms with E-state index < -0.39 is 17.2 Å². The van der Waals surface area contributed by atoms with Crippen molar-refractivity contribution in [1.29, 1.82) is 5.41 Å². The number of rotatable bonds is 9. The fourth-order valence-corrected chi connectivity index (χ4v) is 4.63. The molecule has 0 radical (unpaired) electrons. The Bertz CT molecular complexity index is 1440. The van der Waals surface area contributed by atoms with Crippen molar-refractivity contribution < 1.29 is 31.7 Å². The van der Waals surface area contributed by atoms with E-state index in [4.69, 9.17) is 19.6 Å². The van der Waals surface area contributed by atoms with Crippen LogP contribution in [0, 0.1) is 17.0 Å². The Labute approximate surface area is 234 Å². The summed E-state index contributed by atoms with van der Waals surface area (Å²) in [5, 5.41) is 11.6. The van der Waals surface area contributed by atoms with Gasteiger partial charge in [-0.2, -0.15) is 0 Å². The Morgan fingerprint density at radius 1 is 1.20 bits per heavy atom. The van der Waals surface area contributed by atoms with Crippen LogP contribution in [-0.2, 0) is 11.2 Å². The average Bonchev–Trinajstić information content (AvgIpc) is 3.23. The molecule has 1 fully saturated rings. The number of halogens is 3. The molecule has 0 saturated carbocycles. The van der Waals surface area contributed by atoms with Crippen LogP contribution in [0.2, 0.25) is 0 Å². The summed E-state index contributed by atoms with van der Waals surface area (Å²) in [4.78, 5) is 18.1. The number of carbonyl (C=O) groups is 1. The highest BCUT2D eigenvalue weighted by atomic mass is 32.2. The summed E-state index contributed by atoms with van der Waals surface area (Å²) in [6.45, 7) is 6.29. The number of hydrogen-bond acceptors (Lipinski definition) is 8. The highest BCUT2D eigenvalue weighted by molar-refractivity contribution is 7.92. The number of allylic oxidation sites excluding steroid dienone is 1. The van der Waals surface area contributed by atoms with Crippen molar-refractivity contribution in [3.05, 3.63) is 59.1 Å². The number of ether oxygens (including phenoxy) is 3. The lowest BCUT2D eigenvalue weighted by Crippen LogP contribution is -2.59. The van der Waals surface area contributed by atoms with Gasteiger partial charge in [-0.15, -0.1) is 3.89 Å². The van der Waals surface area contributed by atoms with Crippen molar-refractivity contribution in [3.63, 3.8) is 0 Å². The number of benzene rings is 1. The quantitative estimate of drug-likeness (QED) is 0.324. The molecular formula is C27H30F3N5O4S. The Morgan fingerprint density at radius 2 is 1.85 bits per heavy atom. The summed E-state index contributed by atoms with van der Waals surface area (Å²) in [6, 6.07) is 2.77. The summed E-state index contributed by atoms with van der Waals surface area (Å²) in [7, 11) is 2.53. The Hall–Kier alpha value is -3.87. The SMILES string of the molecule is COc1cc(OC)c(F)c(Cc2cn(SF)c3ncc(/C(C=N)=C/NC4CN(C(=O)OC(C)(C)C)C4)cc23)c1F. The molecule has 2 N–H and O–H groups in total. The number of fused-ring (bicyclic) bond motifs is 1. The van der Waals surface area contributed by atoms with Crippen LogP contribution < -0.4 is 14.8 Å². The first-order chi connectivity index (χ1) is 19.0. The van der Waals surface area contributed by atoms with Crippen molar-refractivity contribution in [2.45, 2.75) is 38.8 Å². The number of pyridine rings is 1. The Morgan fingerprint density at radius 3 is 2.40 bits per heavy atom. The first-order valence-corrected chi connectivity index (χ1v) is 13.0. The standard InChI is InChI=1S/C27H30F3N5O4S/c1-27(2,3)39-26(36)34-13-18(14-34)32-11-17(9-31)15-6-19-16(12-35(40-30)25(19)33-10-15)7-20-23(28)21(37-4)8-22(38-5)24(20)29/h6,8-12,18,31-32H,7,13-14H2,1-5H3/b17-11+,31-9?. The van der Waals surface area contributed by atoms with Crippen LogP contribution in [0.5, 0.6) is 11.5 Å². The van der Waals surface area contributed by atoms with Gasteiger partial charge in [0, 0.05) is 72.5 Å². The van der Waals surface area contributed by atoms with E-state index in [1.807, 2.05) is 0 Å². The Balaban J connectivity index is 1.60. The second-order valence-corrected chi connectivity index (χ2v) is 10.7. The highest BCUT2D eigenvalue weighted by Crippen LogP contribution is 2.35. The molecule has 3 heterocycles. The number of carbonyl (C=O) groups excluding carboxylic acids is 1. The molecule has 0 unspecified atom stereocenters. The highest BCUT2D eigenvalue weighted by Gasteiger charge is 2.33. The van der Waals surface area contributed by atoms with Crippen molar-refractivity contribution in [3.8, 4) is 11.5 Å². The third kappa shape index (κ3) is 5.98. The number of methoxy groups -OCH3 is 2. The molecule has 9 nitrogen and oxygen atoms in total. The minimum Gasteiger partial charge on any atom is -0.494 e. The molecule has 13 heteroatoms. The molecule has 2 aromatic heterocycles. The molecule has 0 atom stereocenters. The van der Waals surface area contributed by atoms with Crippen LogP contribution in [0.15, 0.2) is 30.7 Å². The van der Waals surface area contributed by atoms with Crippen molar-refractivity contribution in [1.82, 2.24) is 19.2 Å². The predicted octanol–water partition coefficient (Wildman–Crippen LogP) is 5.50. The van der Waals surface area contributed by atoms with Crippen LogP contribution in [0.4, 0.5) is 17.5 Å². The number of likely N-dealkylation sites (tertiary alicyclic amines) is 1. The van der Waals surface area contributed by atoms with E-state index in [1.165, 1.54) is 26.6 Å². The van der Waals surface area contributed by atoms with E-state index in [1.54, 1.807) is 37.9 Å². The molecule has 1 aromatic carbocycles. The van der Waals surface area contributed by atoms with Crippen LogP contribution in [-0.4, -0.2) is 65.1 Å². The van der Waals surface area contributed by atoms with Crippen LogP contribution in [0.3, 0.4) is 0 Å². The van der Waals surface area contributed by atoms with Crippen LogP contribution in [0.1, 0.15) is 37.5 Å². The van der Waals surface area contributed by atoms with Gasteiger partial charge >= 0.3 is 6.09 Å². The van der Waals surface area contributed by atoms with E-state index in [9.17, 15) is 8.68 Å². The maximum Gasteiger partial charge on any atom is 0.410 e. The fourth-order valence-electron chi connectivity index (χ4n) is 4.25. The van der Waals surface area contributed by atoms with Crippen LogP contribution in [0.25, 0.3) is 16.6 Å². The third-order valence-corrected chi connectivity index (χ3v) is 6.72. The molecule has 0 spiro atoms. The van der Waals surface area contributed by atoms with Crippen molar-refractivity contribution in [2.24, 2.45) is 0 Å². The summed E-state index contributed by atoms with van der Waals surface area (Å²) in [6.07, 6.45) is 5.06. The van der Waals surface area contributed by atoms with Crippen molar-refractivity contribution >= 4 is 41.2 Å². The molecule has 40 heavy (non-hydrogen) atoms. The molecule has 1 aliphatic rings. The van der Waals surface area contributed by atoms with Gasteiger partial charge in [-0.25, -0.2) is 22.5 Å². The lowest BCUT2D eigenvalue weighted by Gasteiger charge is -2.39. The Kier molecular flexibility index (Phi) is 8.52. The molecule has 214 valence electrons. The normalized spacial score (nSPS) is 14.2. The lowest BCUT2D eigenvalue weighted by molar-refractivity contribution is 0.00662. The van der Waals surface area contributed by atoms with Gasteiger partial charge in [0.15, 0.2) is 41.1 Å². The number of nitrogens with one attached hydrogen (secondary N) is 2. The number of amides is 1. The van der Waals surface area contributed by atoms with Crippen LogP contribution >= 0.6 is 12.3 Å². The third-order valence-electron chi connectivity index (χ3n) is 6.30. The minimum atomic E-state index is -0.885. The first kappa shape index (κ1) is 29.1. The van der Waals surface area contributed by atoms with Gasteiger partial charge in [0.1, 0.15) is 5.60 Å². The summed E-state index contributed by atoms with van der Waals surface area (Å²) in [5.41, 5.74) is 0.789. The molecule has 1 saturated heterocycles. The van der Waals surface area contributed by atoms with Crippen molar-refractivity contribution in [2.75, 3.05) is 27.3 Å². The number of aromatic nitrogens is 2. The van der Waals surface area contributed by atoms with Gasteiger partial charge in [-0.1, -0.05) is 0 Å². The van der Waals surface area contributed by atoms with Gasteiger partial charge in [0.25, 0.3) is 0 Å². The molecule has 0 aliphatic carbocycles. The molecule has 1 amide bonds. The van der Waals surface area contributed by atoms with Gasteiger partial charge in [0.05, 0.1) is 20.3 Å². The van der Waals surface area contributed by atoms with E-state index in [-0.39, 0.29) is 53.6 Å². The smallest absolute Gasteiger partial charge is 0.410 e. The maximum absolute atomic E-state index is 15.1. The zero-order chi connectivity index (χ0) is 29.2. The van der Waals surface area contributed by atoms with Gasteiger partial charge < -0.3 is 29.8 Å². The fraction of sp³-hybridized carbons (Fsp3) is 0.370. The maximum atomic E-state index is 15.1. The summed E-state index contributed by atoms with van der Waals surface area (Å²) in [5.74, 6) is -2.14. The van der Waals surface area contributed by atoms with E-state index in [0.717, 1.165) is 16.3 Å². The monoisotopic (exact) mass is 577 g/mol. The summed E-state index contributed by atoms with van der Waals surface area (Å²) >= 11 is -0.0931. The molecule has 0 bridgehead atoms. The predicted molar refractivity (Wildman–Crippen MR) is 148 cm³/mol. The second kappa shape index (κ2) is 11.7. The molecule has 3 aromatic rings. The van der Waals surface area contributed by atoms with E-state index >= 15 is 8.78 Å². The van der Waals surface area contributed by atoms with E-state index in [2.05, 4.69) is 10.3 Å². The first-order valence-electron chi connectivity index (χ1n) is 12.3. The lowest BCUT2D eigenvalue weighted by atomic mass is 10.0. The average molecular weight is 578 g/mol. The topological polar surface area (TPSA) is 102 Å². The van der Waals surface area contributed by atoms with Gasteiger partial charge in [-0.05, 0) is 32.4 Å². The molecule has 4 rings (SSSR count). The molecule has 1 aliphatic heterocycles. The number of nitrogens with zero attached hydrogens (tertiary/aromatic N) is 3. The minimum absolute atomic E-state index is 0.0345. The van der Waals surface area contributed by atoms with Gasteiger partial charge in [0.2, 0.25) is 0 Å². The zero-order valence-corrected chi connectivity index (χ0v) is 23.5. The second-order valence-electron chi connectivity index (χ2n) is 10.2. The molecular weight excluding hydrogens is 547 g/mol. The zero-order valence-electron chi connectivity index (χ0n) is 22.7. The van der Waals surface area contributed by atoms with E-state index in [0.29, 0.717) is 35.2 Å². The number of hydrogen-bond donors (Lipinski definition) is 2. The van der Waals surface area contributed by atoms with Gasteiger partial charge in [-0.3, -0.25) is 0 Å².